The van der Waals surface area contributed by atoms with E-state index < -0.39 is 11.8 Å². The van der Waals surface area contributed by atoms with Gasteiger partial charge in [0.1, 0.15) is 5.82 Å². The van der Waals surface area contributed by atoms with Gasteiger partial charge in [0.25, 0.3) is 0 Å². The summed E-state index contributed by atoms with van der Waals surface area (Å²) in [6.45, 7) is 6.03. The number of imide groups is 1. The zero-order valence-corrected chi connectivity index (χ0v) is 10.8. The van der Waals surface area contributed by atoms with Gasteiger partial charge in [-0.3, -0.25) is 15.0 Å². The number of aryl methyl sites for hydroxylation is 1. The van der Waals surface area contributed by atoms with Gasteiger partial charge < -0.3 is 0 Å². The highest BCUT2D eigenvalue weighted by Crippen LogP contribution is 2.22. The van der Waals surface area contributed by atoms with Crippen LogP contribution in [-0.4, -0.2) is 18.5 Å². The molecule has 0 spiro atoms. The third-order valence-electron chi connectivity index (χ3n) is 2.45. The topological polar surface area (TPSA) is 49.4 Å². The van der Waals surface area contributed by atoms with E-state index in [-0.39, 0.29) is 24.6 Å². The maximum absolute atomic E-state index is 13.5. The zero-order valence-electron chi connectivity index (χ0n) is 10.8. The molecule has 98 valence electrons. The molecule has 0 atom stereocenters. The van der Waals surface area contributed by atoms with Crippen LogP contribution in [0.3, 0.4) is 0 Å². The molecule has 1 aliphatic rings. The fourth-order valence-electron chi connectivity index (χ4n) is 1.62. The largest absolute Gasteiger partial charge is 0.328 e. The Morgan fingerprint density at radius 2 is 1.94 bits per heavy atom. The van der Waals surface area contributed by atoms with Crippen LogP contribution in [0.2, 0.25) is 0 Å². The Balaban J connectivity index is 0.000000771. The fraction of sp³-hybridized carbons (Fsp3) is 0.385. The number of benzene rings is 1. The molecule has 1 fully saturated rings. The number of carbonyl (C=O) groups is 2. The molecule has 3 amide bonds. The van der Waals surface area contributed by atoms with Crippen molar-refractivity contribution in [1.29, 1.82) is 0 Å². The summed E-state index contributed by atoms with van der Waals surface area (Å²) in [7, 11) is 0. The number of nitrogens with zero attached hydrogens (tertiary/aromatic N) is 1. The van der Waals surface area contributed by atoms with Gasteiger partial charge in [-0.15, -0.1) is 0 Å². The number of nitrogens with one attached hydrogen (secondary N) is 1. The van der Waals surface area contributed by atoms with E-state index in [9.17, 15) is 14.0 Å². The van der Waals surface area contributed by atoms with Crippen LogP contribution >= 0.6 is 0 Å². The number of carbonyl (C=O) groups excluding carboxylic acids is 2. The third kappa shape index (κ3) is 3.06. The second-order valence-electron chi connectivity index (χ2n) is 3.71. The van der Waals surface area contributed by atoms with Crippen molar-refractivity contribution in [3.8, 4) is 0 Å². The lowest BCUT2D eigenvalue weighted by atomic mass is 10.2. The normalized spacial score (nSPS) is 14.8. The van der Waals surface area contributed by atoms with E-state index in [2.05, 4.69) is 5.32 Å². The molecule has 0 aliphatic carbocycles. The van der Waals surface area contributed by atoms with Crippen molar-refractivity contribution in [3.05, 3.63) is 29.6 Å². The van der Waals surface area contributed by atoms with Crippen LogP contribution in [-0.2, 0) is 4.79 Å². The van der Waals surface area contributed by atoms with Crippen molar-refractivity contribution in [2.24, 2.45) is 0 Å². The summed E-state index contributed by atoms with van der Waals surface area (Å²) in [5, 5.41) is 2.16. The van der Waals surface area contributed by atoms with E-state index in [1.165, 1.54) is 11.0 Å². The average molecular weight is 252 g/mol. The van der Waals surface area contributed by atoms with Crippen molar-refractivity contribution < 1.29 is 14.0 Å². The minimum atomic E-state index is -0.569. The van der Waals surface area contributed by atoms with Crippen LogP contribution in [0.4, 0.5) is 14.9 Å². The number of hydrogen-bond acceptors (Lipinski definition) is 2. The number of anilines is 1. The highest BCUT2D eigenvalue weighted by Gasteiger charge is 2.26. The molecule has 1 N–H and O–H groups in total. The lowest BCUT2D eigenvalue weighted by Gasteiger charge is -2.27. The lowest BCUT2D eigenvalue weighted by molar-refractivity contribution is -0.120. The maximum Gasteiger partial charge on any atom is 0.328 e. The molecule has 1 aliphatic heterocycles. The minimum Gasteiger partial charge on any atom is -0.291 e. The van der Waals surface area contributed by atoms with Crippen molar-refractivity contribution in [1.82, 2.24) is 5.32 Å². The maximum atomic E-state index is 13.5. The van der Waals surface area contributed by atoms with E-state index in [0.29, 0.717) is 0 Å². The minimum absolute atomic E-state index is 0.194. The third-order valence-corrected chi connectivity index (χ3v) is 2.45. The average Bonchev–Trinajstić information content (AvgIpc) is 2.35. The molecule has 0 saturated carbocycles. The number of urea groups is 1. The van der Waals surface area contributed by atoms with Crippen LogP contribution in [0.5, 0.6) is 0 Å². The van der Waals surface area contributed by atoms with Gasteiger partial charge >= 0.3 is 6.03 Å². The molecule has 0 radical (unpaired) electrons. The predicted octanol–water partition coefficient (Wildman–Crippen LogP) is 2.61. The quantitative estimate of drug-likeness (QED) is 0.835. The van der Waals surface area contributed by atoms with Gasteiger partial charge in [0.15, 0.2) is 0 Å². The first-order chi connectivity index (χ1) is 8.58. The summed E-state index contributed by atoms with van der Waals surface area (Å²) in [4.78, 5) is 23.7. The van der Waals surface area contributed by atoms with Gasteiger partial charge in [-0.2, -0.15) is 0 Å². The van der Waals surface area contributed by atoms with Crippen LogP contribution in [0.15, 0.2) is 18.2 Å². The highest BCUT2D eigenvalue weighted by molar-refractivity contribution is 6.05. The molecule has 1 aromatic rings. The Labute approximate surface area is 106 Å². The number of hydrogen-bond donors (Lipinski definition) is 1. The molecule has 2 rings (SSSR count). The van der Waals surface area contributed by atoms with E-state index >= 15 is 0 Å². The fourth-order valence-corrected chi connectivity index (χ4v) is 1.62. The Morgan fingerprint density at radius 3 is 2.56 bits per heavy atom. The Bertz CT molecular complexity index is 460. The molecule has 5 heteroatoms. The summed E-state index contributed by atoms with van der Waals surface area (Å²) >= 11 is 0. The summed E-state index contributed by atoms with van der Waals surface area (Å²) in [5.41, 5.74) is 1.08. The summed E-state index contributed by atoms with van der Waals surface area (Å²) < 4.78 is 13.5. The van der Waals surface area contributed by atoms with Gasteiger partial charge in [-0.25, -0.2) is 9.18 Å². The summed E-state index contributed by atoms with van der Waals surface area (Å²) in [5.74, 6) is -0.788. The van der Waals surface area contributed by atoms with Crippen LogP contribution in [0.25, 0.3) is 0 Å². The van der Waals surface area contributed by atoms with Gasteiger partial charge in [0, 0.05) is 13.0 Å². The molecule has 1 heterocycles. The van der Waals surface area contributed by atoms with Crippen LogP contribution < -0.4 is 10.2 Å². The van der Waals surface area contributed by atoms with E-state index in [1.807, 2.05) is 20.8 Å². The standard InChI is InChI=1S/C11H11FN2O2.C2H6/c1-7-2-3-8(12)9(6-7)14-5-4-10(15)13-11(14)16;1-2/h2-3,6H,4-5H2,1H3,(H,13,15,16);1-2H3. The van der Waals surface area contributed by atoms with Crippen LogP contribution in [0.1, 0.15) is 25.8 Å². The van der Waals surface area contributed by atoms with Crippen molar-refractivity contribution in [2.75, 3.05) is 11.4 Å². The van der Waals surface area contributed by atoms with E-state index in [0.717, 1.165) is 5.56 Å². The lowest BCUT2D eigenvalue weighted by Crippen LogP contribution is -2.49. The van der Waals surface area contributed by atoms with E-state index in [4.69, 9.17) is 0 Å². The zero-order chi connectivity index (χ0) is 13.7. The Kier molecular flexibility index (Phi) is 4.83. The Hall–Kier alpha value is -1.91. The number of rotatable bonds is 1. The second-order valence-corrected chi connectivity index (χ2v) is 3.71. The van der Waals surface area contributed by atoms with Gasteiger partial charge in [-0.05, 0) is 24.6 Å². The van der Waals surface area contributed by atoms with E-state index in [1.54, 1.807) is 12.1 Å². The van der Waals surface area contributed by atoms with Gasteiger partial charge in [-0.1, -0.05) is 19.9 Å². The second kappa shape index (κ2) is 6.14. The molecule has 0 unspecified atom stereocenters. The summed E-state index contributed by atoms with van der Waals surface area (Å²) in [6.07, 6.45) is 0.194. The SMILES string of the molecule is CC.Cc1ccc(F)c(N2CCC(=O)NC2=O)c1. The molecule has 0 bridgehead atoms. The smallest absolute Gasteiger partial charge is 0.291 e. The summed E-state index contributed by atoms with van der Waals surface area (Å²) in [6, 6.07) is 3.96. The highest BCUT2D eigenvalue weighted by atomic mass is 19.1. The first-order valence-corrected chi connectivity index (χ1v) is 5.95. The molecule has 1 saturated heterocycles. The molecule has 1 aromatic carbocycles. The molecule has 0 aromatic heterocycles. The van der Waals surface area contributed by atoms with Crippen molar-refractivity contribution >= 4 is 17.6 Å². The first-order valence-electron chi connectivity index (χ1n) is 5.95. The monoisotopic (exact) mass is 252 g/mol. The Morgan fingerprint density at radius 1 is 1.28 bits per heavy atom. The van der Waals surface area contributed by atoms with Gasteiger partial charge in [0.05, 0.1) is 5.69 Å². The predicted molar refractivity (Wildman–Crippen MR) is 68.0 cm³/mol. The number of amides is 3. The first kappa shape index (κ1) is 14.2. The molecule has 18 heavy (non-hydrogen) atoms. The van der Waals surface area contributed by atoms with Gasteiger partial charge in [0.2, 0.25) is 5.91 Å². The molecular formula is C13H17FN2O2. The molecular weight excluding hydrogens is 235 g/mol. The van der Waals surface area contributed by atoms with Crippen molar-refractivity contribution in [3.63, 3.8) is 0 Å². The molecule has 4 nitrogen and oxygen atoms in total. The van der Waals surface area contributed by atoms with Crippen LogP contribution in [0, 0.1) is 12.7 Å². The number of halogens is 1. The van der Waals surface area contributed by atoms with Crippen molar-refractivity contribution in [2.45, 2.75) is 27.2 Å².